The molecule has 0 unspecified atom stereocenters. The van der Waals surface area contributed by atoms with E-state index in [9.17, 15) is 0 Å². The highest BCUT2D eigenvalue weighted by atomic mass is 15.3. The molecule has 4 heteroatoms. The van der Waals surface area contributed by atoms with Crippen LogP contribution < -0.4 is 0 Å². The van der Waals surface area contributed by atoms with Crippen LogP contribution in [0.3, 0.4) is 0 Å². The largest absolute Gasteiger partial charge is 0.338 e. The molecule has 1 aromatic rings. The summed E-state index contributed by atoms with van der Waals surface area (Å²) >= 11 is 0. The molecule has 2 rings (SSSR count). The minimum Gasteiger partial charge on any atom is -0.338 e. The first-order chi connectivity index (χ1) is 8.08. The fraction of sp³-hybridized carbons (Fsp3) is 0.769. The average Bonchev–Trinajstić information content (AvgIpc) is 2.62. The Hall–Kier alpha value is -0.870. The molecule has 1 fully saturated rings. The fourth-order valence-corrected chi connectivity index (χ4v) is 2.34. The lowest BCUT2D eigenvalue weighted by molar-refractivity contribution is 0.103. The van der Waals surface area contributed by atoms with Gasteiger partial charge >= 0.3 is 0 Å². The summed E-state index contributed by atoms with van der Waals surface area (Å²) in [4.78, 5) is 9.52. The highest BCUT2D eigenvalue weighted by Gasteiger charge is 2.19. The molecule has 17 heavy (non-hydrogen) atoms. The fourth-order valence-electron chi connectivity index (χ4n) is 2.34. The predicted octanol–water partition coefficient (Wildman–Crippen LogP) is 1.25. The SMILES string of the molecule is Cc1c(CN2CCN(C(C)C)CC2)ncn1C. The van der Waals surface area contributed by atoms with Crippen molar-refractivity contribution in [1.82, 2.24) is 19.4 Å². The predicted molar refractivity (Wildman–Crippen MR) is 69.9 cm³/mol. The lowest BCUT2D eigenvalue weighted by Gasteiger charge is -2.36. The van der Waals surface area contributed by atoms with Crippen molar-refractivity contribution < 1.29 is 0 Å². The van der Waals surface area contributed by atoms with E-state index in [0.29, 0.717) is 6.04 Å². The lowest BCUT2D eigenvalue weighted by atomic mass is 10.2. The van der Waals surface area contributed by atoms with Crippen molar-refractivity contribution in [3.05, 3.63) is 17.7 Å². The quantitative estimate of drug-likeness (QED) is 0.789. The maximum atomic E-state index is 4.47. The first-order valence-electron chi connectivity index (χ1n) is 6.51. The Morgan fingerprint density at radius 3 is 2.35 bits per heavy atom. The van der Waals surface area contributed by atoms with Crippen LogP contribution in [0.1, 0.15) is 25.2 Å². The zero-order chi connectivity index (χ0) is 12.4. The zero-order valence-corrected chi connectivity index (χ0v) is 11.5. The molecule has 0 aromatic carbocycles. The van der Waals surface area contributed by atoms with E-state index < -0.39 is 0 Å². The number of imidazole rings is 1. The Morgan fingerprint density at radius 2 is 1.88 bits per heavy atom. The van der Waals surface area contributed by atoms with Gasteiger partial charge in [0, 0.05) is 51.5 Å². The van der Waals surface area contributed by atoms with Crippen molar-refractivity contribution in [2.45, 2.75) is 33.4 Å². The van der Waals surface area contributed by atoms with Gasteiger partial charge in [-0.25, -0.2) is 4.98 Å². The van der Waals surface area contributed by atoms with Gasteiger partial charge in [-0.1, -0.05) is 0 Å². The summed E-state index contributed by atoms with van der Waals surface area (Å²) in [5, 5.41) is 0. The summed E-state index contributed by atoms with van der Waals surface area (Å²) in [6, 6.07) is 0.675. The van der Waals surface area contributed by atoms with E-state index in [1.165, 1.54) is 24.5 Å². The molecule has 96 valence electrons. The van der Waals surface area contributed by atoms with Crippen LogP contribution in [0.5, 0.6) is 0 Å². The number of aromatic nitrogens is 2. The second-order valence-corrected chi connectivity index (χ2v) is 5.29. The molecule has 0 saturated carbocycles. The lowest BCUT2D eigenvalue weighted by Crippen LogP contribution is -2.48. The second kappa shape index (κ2) is 5.19. The third-order valence-corrected chi connectivity index (χ3v) is 3.84. The highest BCUT2D eigenvalue weighted by molar-refractivity contribution is 5.10. The topological polar surface area (TPSA) is 24.3 Å². The summed E-state index contributed by atoms with van der Waals surface area (Å²) in [7, 11) is 2.06. The van der Waals surface area contributed by atoms with Gasteiger partial charge in [0.1, 0.15) is 0 Å². The Bertz CT molecular complexity index is 361. The van der Waals surface area contributed by atoms with Gasteiger partial charge in [-0.15, -0.1) is 0 Å². The Labute approximate surface area is 104 Å². The van der Waals surface area contributed by atoms with Gasteiger partial charge in [0.25, 0.3) is 0 Å². The van der Waals surface area contributed by atoms with E-state index in [4.69, 9.17) is 0 Å². The molecule has 0 amide bonds. The standard InChI is InChI=1S/C13H24N4/c1-11(2)17-7-5-16(6-8-17)9-13-12(3)15(4)10-14-13/h10-11H,5-9H2,1-4H3. The summed E-state index contributed by atoms with van der Waals surface area (Å²) in [6.45, 7) is 12.4. The molecule has 0 aliphatic carbocycles. The zero-order valence-electron chi connectivity index (χ0n) is 11.5. The van der Waals surface area contributed by atoms with E-state index in [-0.39, 0.29) is 0 Å². The van der Waals surface area contributed by atoms with Crippen molar-refractivity contribution in [2.75, 3.05) is 26.2 Å². The third-order valence-electron chi connectivity index (χ3n) is 3.84. The van der Waals surface area contributed by atoms with E-state index in [0.717, 1.165) is 19.6 Å². The van der Waals surface area contributed by atoms with Gasteiger partial charge in [0.05, 0.1) is 12.0 Å². The maximum absolute atomic E-state index is 4.47. The van der Waals surface area contributed by atoms with Gasteiger partial charge in [-0.2, -0.15) is 0 Å². The van der Waals surface area contributed by atoms with Crippen LogP contribution in [0, 0.1) is 6.92 Å². The van der Waals surface area contributed by atoms with Crippen LogP contribution in [0.4, 0.5) is 0 Å². The summed E-state index contributed by atoms with van der Waals surface area (Å²) < 4.78 is 2.10. The molecule has 0 bridgehead atoms. The number of nitrogens with zero attached hydrogens (tertiary/aromatic N) is 4. The number of hydrogen-bond donors (Lipinski definition) is 0. The van der Waals surface area contributed by atoms with Gasteiger partial charge < -0.3 is 4.57 Å². The number of rotatable bonds is 3. The van der Waals surface area contributed by atoms with Crippen LogP contribution in [-0.2, 0) is 13.6 Å². The Balaban J connectivity index is 1.88. The Kier molecular flexibility index (Phi) is 3.84. The van der Waals surface area contributed by atoms with Crippen molar-refractivity contribution in [2.24, 2.45) is 7.05 Å². The molecule has 1 aliphatic heterocycles. The number of hydrogen-bond acceptors (Lipinski definition) is 3. The van der Waals surface area contributed by atoms with E-state index in [1.54, 1.807) is 0 Å². The van der Waals surface area contributed by atoms with Crippen LogP contribution in [0.15, 0.2) is 6.33 Å². The summed E-state index contributed by atoms with van der Waals surface area (Å²) in [5.74, 6) is 0. The normalized spacial score (nSPS) is 19.1. The van der Waals surface area contributed by atoms with E-state index in [1.807, 2.05) is 6.33 Å². The van der Waals surface area contributed by atoms with Gasteiger partial charge in [-0.05, 0) is 20.8 Å². The average molecular weight is 236 g/mol. The molecule has 1 aliphatic rings. The van der Waals surface area contributed by atoms with Crippen LogP contribution >= 0.6 is 0 Å². The molecule has 2 heterocycles. The van der Waals surface area contributed by atoms with E-state index >= 15 is 0 Å². The van der Waals surface area contributed by atoms with Crippen LogP contribution in [-0.4, -0.2) is 51.6 Å². The molecular weight excluding hydrogens is 212 g/mol. The smallest absolute Gasteiger partial charge is 0.0949 e. The van der Waals surface area contributed by atoms with Gasteiger partial charge in [0.15, 0.2) is 0 Å². The van der Waals surface area contributed by atoms with Crippen molar-refractivity contribution in [3.8, 4) is 0 Å². The molecule has 0 radical (unpaired) electrons. The van der Waals surface area contributed by atoms with Crippen LogP contribution in [0.2, 0.25) is 0 Å². The minimum atomic E-state index is 0.675. The summed E-state index contributed by atoms with van der Waals surface area (Å²) in [6.07, 6.45) is 1.91. The van der Waals surface area contributed by atoms with Crippen molar-refractivity contribution >= 4 is 0 Å². The molecule has 1 saturated heterocycles. The molecule has 1 aromatic heterocycles. The van der Waals surface area contributed by atoms with E-state index in [2.05, 4.69) is 47.2 Å². The molecule has 0 spiro atoms. The Morgan fingerprint density at radius 1 is 1.24 bits per heavy atom. The van der Waals surface area contributed by atoms with Crippen LogP contribution in [0.25, 0.3) is 0 Å². The molecular formula is C13H24N4. The molecule has 0 atom stereocenters. The first kappa shape index (κ1) is 12.6. The summed E-state index contributed by atoms with van der Waals surface area (Å²) in [5.41, 5.74) is 2.52. The van der Waals surface area contributed by atoms with Crippen molar-refractivity contribution in [3.63, 3.8) is 0 Å². The second-order valence-electron chi connectivity index (χ2n) is 5.29. The number of aryl methyl sites for hydroxylation is 1. The number of piperazine rings is 1. The first-order valence-corrected chi connectivity index (χ1v) is 6.51. The van der Waals surface area contributed by atoms with Gasteiger partial charge in [-0.3, -0.25) is 9.80 Å². The van der Waals surface area contributed by atoms with Crippen molar-refractivity contribution in [1.29, 1.82) is 0 Å². The highest BCUT2D eigenvalue weighted by Crippen LogP contribution is 2.11. The maximum Gasteiger partial charge on any atom is 0.0949 e. The monoisotopic (exact) mass is 236 g/mol. The minimum absolute atomic E-state index is 0.675. The third kappa shape index (κ3) is 2.87. The molecule has 4 nitrogen and oxygen atoms in total. The molecule has 0 N–H and O–H groups in total. The van der Waals surface area contributed by atoms with Gasteiger partial charge in [0.2, 0.25) is 0 Å².